The van der Waals surface area contributed by atoms with Gasteiger partial charge < -0.3 is 9.87 Å². The van der Waals surface area contributed by atoms with Gasteiger partial charge in [0.1, 0.15) is 18.4 Å². The minimum Gasteiger partial charge on any atom is -0.609 e. The van der Waals surface area contributed by atoms with Gasteiger partial charge in [-0.05, 0) is 0 Å². The van der Waals surface area contributed by atoms with Crippen LogP contribution in [0.4, 0.5) is 19.1 Å². The zero-order valence-electron chi connectivity index (χ0n) is 9.97. The number of halogens is 3. The Morgan fingerprint density at radius 3 is 2.75 bits per heavy atom. The fraction of sp³-hybridized carbons (Fsp3) is 0.333. The maximum absolute atomic E-state index is 12.8. The quantitative estimate of drug-likeness (QED) is 0.665. The molecule has 2 aromatic heterocycles. The Labute approximate surface area is 113 Å². The van der Waals surface area contributed by atoms with Gasteiger partial charge in [0, 0.05) is 11.2 Å². The first kappa shape index (κ1) is 14.4. The molecule has 0 aliphatic carbocycles. The fourth-order valence-corrected chi connectivity index (χ4v) is 1.85. The monoisotopic (exact) mass is 304 g/mol. The topological polar surface area (TPSA) is 102 Å². The smallest absolute Gasteiger partial charge is 0.421 e. The van der Waals surface area contributed by atoms with Gasteiger partial charge in [0.15, 0.2) is 5.65 Å². The summed E-state index contributed by atoms with van der Waals surface area (Å²) in [5.41, 5.74) is -1.58. The average Bonchev–Trinajstić information content (AvgIpc) is 2.79. The van der Waals surface area contributed by atoms with E-state index in [1.54, 1.807) is 6.07 Å². The van der Waals surface area contributed by atoms with Crippen LogP contribution in [-0.2, 0) is 17.4 Å². The van der Waals surface area contributed by atoms with Crippen molar-refractivity contribution in [2.75, 3.05) is 18.1 Å². The molecule has 0 amide bonds. The molecule has 0 bridgehead atoms. The van der Waals surface area contributed by atoms with Crippen LogP contribution in [0.15, 0.2) is 11.4 Å². The summed E-state index contributed by atoms with van der Waals surface area (Å²) in [6.07, 6.45) is -2.80. The highest BCUT2D eigenvalue weighted by Gasteiger charge is 2.36. The lowest BCUT2D eigenvalue weighted by molar-refractivity contribution is -0.136. The Morgan fingerprint density at radius 2 is 2.20 bits per heavy atom. The van der Waals surface area contributed by atoms with Crippen LogP contribution in [0.5, 0.6) is 0 Å². The highest BCUT2D eigenvalue weighted by molar-refractivity contribution is 7.90. The van der Waals surface area contributed by atoms with Gasteiger partial charge in [-0.3, -0.25) is 0 Å². The van der Waals surface area contributed by atoms with Crippen molar-refractivity contribution in [2.45, 2.75) is 11.3 Å². The van der Waals surface area contributed by atoms with E-state index in [-0.39, 0.29) is 17.6 Å². The molecule has 0 saturated carbocycles. The van der Waals surface area contributed by atoms with Gasteiger partial charge in [0.25, 0.3) is 0 Å². The number of rotatable bonds is 3. The number of nitrogens with zero attached hydrogens (tertiary/aromatic N) is 5. The molecular weight excluding hydrogens is 297 g/mol. The van der Waals surface area contributed by atoms with Gasteiger partial charge in [-0.1, -0.05) is 0 Å². The summed E-state index contributed by atoms with van der Waals surface area (Å²) in [6.45, 7) is -0.191. The number of alkyl halides is 3. The lowest BCUT2D eigenvalue weighted by Crippen LogP contribution is -2.15. The molecule has 0 saturated heterocycles. The molecule has 1 N–H and O–H groups in total. The average molecular weight is 304 g/mol. The number of hydrogen-bond donors (Lipinski definition) is 1. The summed E-state index contributed by atoms with van der Waals surface area (Å²) in [7, 11) is 0. The van der Waals surface area contributed by atoms with Crippen molar-refractivity contribution in [1.29, 1.82) is 5.26 Å². The second-order valence-electron chi connectivity index (χ2n) is 3.59. The lowest BCUT2D eigenvalue weighted by Gasteiger charge is -2.08. The van der Waals surface area contributed by atoms with Gasteiger partial charge in [-0.15, -0.1) is 4.98 Å². The highest BCUT2D eigenvalue weighted by Crippen LogP contribution is 2.32. The largest absolute Gasteiger partial charge is 0.609 e. The van der Waals surface area contributed by atoms with E-state index in [0.717, 1.165) is 4.52 Å². The van der Waals surface area contributed by atoms with E-state index in [0.29, 0.717) is 6.20 Å². The molecule has 1 unspecified atom stereocenters. The van der Waals surface area contributed by atoms with Crippen LogP contribution in [0, 0.1) is 11.3 Å². The Bertz CT molecular complexity index is 677. The van der Waals surface area contributed by atoms with Crippen LogP contribution < -0.4 is 5.32 Å². The van der Waals surface area contributed by atoms with Crippen molar-refractivity contribution in [2.24, 2.45) is 0 Å². The molecule has 0 fully saturated rings. The fourth-order valence-electron chi connectivity index (χ4n) is 1.42. The van der Waals surface area contributed by atoms with E-state index in [9.17, 15) is 17.7 Å². The number of aromatic nitrogens is 4. The van der Waals surface area contributed by atoms with Crippen LogP contribution in [0.25, 0.3) is 5.65 Å². The number of fused-ring (bicyclic) bond motifs is 1. The minimum absolute atomic E-state index is 0.128. The van der Waals surface area contributed by atoms with Gasteiger partial charge in [-0.25, -0.2) is 0 Å². The summed E-state index contributed by atoms with van der Waals surface area (Å²) < 4.78 is 50.6. The van der Waals surface area contributed by atoms with Crippen LogP contribution in [-0.4, -0.2) is 36.9 Å². The molecule has 20 heavy (non-hydrogen) atoms. The predicted molar refractivity (Wildman–Crippen MR) is 62.2 cm³/mol. The van der Waals surface area contributed by atoms with Crippen molar-refractivity contribution in [3.63, 3.8) is 0 Å². The Morgan fingerprint density at radius 1 is 1.50 bits per heavy atom. The molecular formula is C9H7F3N6OS. The summed E-state index contributed by atoms with van der Waals surface area (Å²) in [4.78, 5) is 7.41. The van der Waals surface area contributed by atoms with Gasteiger partial charge in [-0.2, -0.15) is 33.0 Å². The van der Waals surface area contributed by atoms with E-state index >= 15 is 0 Å². The van der Waals surface area contributed by atoms with E-state index in [1.807, 2.05) is 0 Å². The van der Waals surface area contributed by atoms with E-state index in [4.69, 9.17) is 5.26 Å². The molecule has 0 radical (unpaired) electrons. The first-order valence-corrected chi connectivity index (χ1v) is 6.67. The normalized spacial score (nSPS) is 13.2. The molecule has 0 aliphatic rings. The molecule has 2 heterocycles. The highest BCUT2D eigenvalue weighted by atomic mass is 32.2. The number of hydrogen-bond acceptors (Lipinski definition) is 6. The predicted octanol–water partition coefficient (Wildman–Crippen LogP) is 0.816. The maximum Gasteiger partial charge on any atom is 0.421 e. The Balaban J connectivity index is 2.67. The molecule has 2 rings (SSSR count). The van der Waals surface area contributed by atoms with Crippen molar-refractivity contribution in [3.05, 3.63) is 11.8 Å². The zero-order valence-corrected chi connectivity index (χ0v) is 10.8. The van der Waals surface area contributed by atoms with Gasteiger partial charge in [0.2, 0.25) is 5.95 Å². The van der Waals surface area contributed by atoms with Crippen LogP contribution in [0.2, 0.25) is 0 Å². The Hall–Kier alpha value is -2.06. The number of anilines is 1. The standard InChI is InChI=1S/C9H7F3N6OS/c1-20(19)8-16-6-5(9(10,11)12)4-15-18(6)7(17-8)14-3-2-13/h4H,3H2,1H3,(H,14,16,17). The van der Waals surface area contributed by atoms with Crippen LogP contribution in [0.3, 0.4) is 0 Å². The second-order valence-corrected chi connectivity index (χ2v) is 4.86. The molecule has 0 aromatic carbocycles. The number of nitriles is 1. The van der Waals surface area contributed by atoms with E-state index in [2.05, 4.69) is 20.4 Å². The molecule has 1 atom stereocenters. The van der Waals surface area contributed by atoms with Gasteiger partial charge in [0.05, 0.1) is 12.3 Å². The molecule has 106 valence electrons. The summed E-state index contributed by atoms with van der Waals surface area (Å²) >= 11 is -1.67. The lowest BCUT2D eigenvalue weighted by atomic mass is 10.3. The van der Waals surface area contributed by atoms with Crippen molar-refractivity contribution < 1.29 is 17.7 Å². The second kappa shape index (κ2) is 5.14. The molecule has 0 spiro atoms. The van der Waals surface area contributed by atoms with E-state index < -0.39 is 28.6 Å². The maximum atomic E-state index is 12.8. The third kappa shape index (κ3) is 2.61. The third-order valence-electron chi connectivity index (χ3n) is 2.24. The van der Waals surface area contributed by atoms with Crippen LogP contribution in [0.1, 0.15) is 5.56 Å². The summed E-state index contributed by atoms with van der Waals surface area (Å²) in [5, 5.41) is 14.2. The van der Waals surface area contributed by atoms with Crippen LogP contribution >= 0.6 is 0 Å². The minimum atomic E-state index is -4.64. The Kier molecular flexibility index (Phi) is 3.69. The third-order valence-corrected chi connectivity index (χ3v) is 2.93. The zero-order chi connectivity index (χ0) is 14.9. The summed E-state index contributed by atoms with van der Waals surface area (Å²) in [5.74, 6) is -0.128. The summed E-state index contributed by atoms with van der Waals surface area (Å²) in [6, 6.07) is 1.76. The SMILES string of the molecule is C[S+]([O-])c1nc(NCC#N)n2ncc(C(F)(F)F)c2n1. The van der Waals surface area contributed by atoms with Crippen molar-refractivity contribution in [1.82, 2.24) is 19.6 Å². The molecule has 2 aromatic rings. The van der Waals surface area contributed by atoms with Crippen molar-refractivity contribution >= 4 is 22.8 Å². The number of nitrogens with one attached hydrogen (secondary N) is 1. The van der Waals surface area contributed by atoms with Gasteiger partial charge >= 0.3 is 11.3 Å². The first-order valence-electron chi connectivity index (χ1n) is 5.12. The molecule has 7 nitrogen and oxygen atoms in total. The molecule has 0 aliphatic heterocycles. The van der Waals surface area contributed by atoms with Crippen molar-refractivity contribution in [3.8, 4) is 6.07 Å². The van der Waals surface area contributed by atoms with E-state index in [1.165, 1.54) is 6.26 Å². The molecule has 11 heteroatoms. The first-order chi connectivity index (χ1) is 9.34.